The molecule has 18 heavy (non-hydrogen) atoms. The molecule has 2 aromatic carbocycles. The third kappa shape index (κ3) is 2.59. The number of hydrogen-bond acceptors (Lipinski definition) is 2. The number of esters is 1. The molecular weight excluding hydrogens is 224 g/mol. The first-order chi connectivity index (χ1) is 8.72. The highest BCUT2D eigenvalue weighted by molar-refractivity contribution is 5.78. The van der Waals surface area contributed by atoms with Crippen LogP contribution in [0.5, 0.6) is 0 Å². The Morgan fingerprint density at radius 2 is 1.50 bits per heavy atom. The molecule has 0 saturated heterocycles. The van der Waals surface area contributed by atoms with E-state index < -0.39 is 0 Å². The molecule has 0 amide bonds. The Morgan fingerprint density at radius 1 is 0.944 bits per heavy atom. The van der Waals surface area contributed by atoms with Gasteiger partial charge in [-0.25, -0.2) is 0 Å². The van der Waals surface area contributed by atoms with Crippen molar-refractivity contribution < 1.29 is 9.53 Å². The summed E-state index contributed by atoms with van der Waals surface area (Å²) in [5.74, 6) is -0.428. The molecular formula is C16H16O2. The van der Waals surface area contributed by atoms with Crippen molar-refractivity contribution in [1.82, 2.24) is 0 Å². The van der Waals surface area contributed by atoms with Gasteiger partial charge in [-0.3, -0.25) is 4.79 Å². The fourth-order valence-corrected chi connectivity index (χ4v) is 1.91. The van der Waals surface area contributed by atoms with Gasteiger partial charge in [-0.2, -0.15) is 0 Å². The first kappa shape index (κ1) is 12.4. The van der Waals surface area contributed by atoms with Crippen LogP contribution in [-0.4, -0.2) is 13.1 Å². The van der Waals surface area contributed by atoms with Crippen LogP contribution in [0.1, 0.15) is 18.4 Å². The van der Waals surface area contributed by atoms with Crippen molar-refractivity contribution in [3.8, 4) is 11.1 Å². The van der Waals surface area contributed by atoms with E-state index in [0.717, 1.165) is 11.1 Å². The Morgan fingerprint density at radius 3 is 2.06 bits per heavy atom. The van der Waals surface area contributed by atoms with Crippen molar-refractivity contribution in [3.63, 3.8) is 0 Å². The van der Waals surface area contributed by atoms with E-state index in [0.29, 0.717) is 0 Å². The lowest BCUT2D eigenvalue weighted by molar-refractivity contribution is -0.141. The van der Waals surface area contributed by atoms with Crippen LogP contribution in [0.4, 0.5) is 0 Å². The van der Waals surface area contributed by atoms with Crippen LogP contribution in [0, 0.1) is 0 Å². The normalized spacial score (nSPS) is 11.9. The van der Waals surface area contributed by atoms with Gasteiger partial charge in [0, 0.05) is 0 Å². The van der Waals surface area contributed by atoms with Gasteiger partial charge in [0.25, 0.3) is 0 Å². The monoisotopic (exact) mass is 240 g/mol. The lowest BCUT2D eigenvalue weighted by atomic mass is 9.98. The largest absolute Gasteiger partial charge is 0.469 e. The third-order valence-corrected chi connectivity index (χ3v) is 3.07. The van der Waals surface area contributed by atoms with Crippen LogP contribution >= 0.6 is 0 Å². The van der Waals surface area contributed by atoms with E-state index in [2.05, 4.69) is 12.1 Å². The summed E-state index contributed by atoms with van der Waals surface area (Å²) in [4.78, 5) is 11.4. The zero-order valence-electron chi connectivity index (χ0n) is 10.6. The summed E-state index contributed by atoms with van der Waals surface area (Å²) < 4.78 is 4.74. The smallest absolute Gasteiger partial charge is 0.312 e. The molecule has 2 aromatic rings. The molecule has 0 radical (unpaired) electrons. The van der Waals surface area contributed by atoms with Gasteiger partial charge in [0.05, 0.1) is 13.0 Å². The molecule has 0 heterocycles. The second-order valence-electron chi connectivity index (χ2n) is 4.23. The van der Waals surface area contributed by atoms with Crippen LogP contribution in [-0.2, 0) is 9.53 Å². The molecule has 92 valence electrons. The molecule has 0 bridgehead atoms. The van der Waals surface area contributed by atoms with Gasteiger partial charge in [-0.1, -0.05) is 54.6 Å². The summed E-state index contributed by atoms with van der Waals surface area (Å²) in [7, 11) is 1.41. The van der Waals surface area contributed by atoms with Crippen LogP contribution in [0.15, 0.2) is 54.6 Å². The maximum absolute atomic E-state index is 11.4. The van der Waals surface area contributed by atoms with E-state index in [1.807, 2.05) is 49.4 Å². The summed E-state index contributed by atoms with van der Waals surface area (Å²) in [5, 5.41) is 0. The molecule has 0 saturated carbocycles. The van der Waals surface area contributed by atoms with Gasteiger partial charge >= 0.3 is 5.97 Å². The topological polar surface area (TPSA) is 26.3 Å². The minimum Gasteiger partial charge on any atom is -0.469 e. The zero-order chi connectivity index (χ0) is 13.0. The number of hydrogen-bond donors (Lipinski definition) is 0. The Labute approximate surface area is 107 Å². The first-order valence-electron chi connectivity index (χ1n) is 5.95. The van der Waals surface area contributed by atoms with Gasteiger partial charge < -0.3 is 4.74 Å². The molecule has 0 spiro atoms. The summed E-state index contributed by atoms with van der Waals surface area (Å²) in [5.41, 5.74) is 3.30. The van der Waals surface area contributed by atoms with Gasteiger partial charge in [0.2, 0.25) is 0 Å². The van der Waals surface area contributed by atoms with E-state index in [4.69, 9.17) is 4.74 Å². The van der Waals surface area contributed by atoms with Crippen molar-refractivity contribution in [1.29, 1.82) is 0 Å². The predicted octanol–water partition coefficient (Wildman–Crippen LogP) is 3.63. The second-order valence-corrected chi connectivity index (χ2v) is 4.23. The number of methoxy groups -OCH3 is 1. The molecule has 1 atom stereocenters. The minimum absolute atomic E-state index is 0.206. The molecule has 2 rings (SSSR count). The lowest BCUT2D eigenvalue weighted by Crippen LogP contribution is -2.10. The quantitative estimate of drug-likeness (QED) is 0.766. The van der Waals surface area contributed by atoms with Crippen LogP contribution in [0.3, 0.4) is 0 Å². The first-order valence-corrected chi connectivity index (χ1v) is 5.95. The van der Waals surface area contributed by atoms with Gasteiger partial charge in [-0.15, -0.1) is 0 Å². The summed E-state index contributed by atoms with van der Waals surface area (Å²) in [6, 6.07) is 18.2. The van der Waals surface area contributed by atoms with Crippen LogP contribution in [0.2, 0.25) is 0 Å². The van der Waals surface area contributed by atoms with E-state index >= 15 is 0 Å². The van der Waals surface area contributed by atoms with E-state index in [1.54, 1.807) is 0 Å². The van der Waals surface area contributed by atoms with Crippen molar-refractivity contribution >= 4 is 5.97 Å². The highest BCUT2D eigenvalue weighted by Gasteiger charge is 2.15. The molecule has 0 N–H and O–H groups in total. The van der Waals surface area contributed by atoms with Gasteiger partial charge in [0.1, 0.15) is 0 Å². The van der Waals surface area contributed by atoms with Crippen LogP contribution < -0.4 is 0 Å². The molecule has 0 aliphatic rings. The molecule has 0 fully saturated rings. The highest BCUT2D eigenvalue weighted by Crippen LogP contribution is 2.23. The fourth-order valence-electron chi connectivity index (χ4n) is 1.91. The number of ether oxygens (including phenoxy) is 1. The summed E-state index contributed by atoms with van der Waals surface area (Å²) in [6.45, 7) is 1.85. The van der Waals surface area contributed by atoms with E-state index in [-0.39, 0.29) is 11.9 Å². The zero-order valence-corrected chi connectivity index (χ0v) is 10.6. The van der Waals surface area contributed by atoms with E-state index in [9.17, 15) is 4.79 Å². The lowest BCUT2D eigenvalue weighted by Gasteiger charge is -2.10. The fraction of sp³-hybridized carbons (Fsp3) is 0.188. The second kappa shape index (κ2) is 5.50. The Kier molecular flexibility index (Phi) is 3.78. The highest BCUT2D eigenvalue weighted by atomic mass is 16.5. The number of carbonyl (C=O) groups excluding carboxylic acids is 1. The number of carbonyl (C=O) groups is 1. The number of benzene rings is 2. The molecule has 0 aliphatic heterocycles. The molecule has 0 aromatic heterocycles. The number of rotatable bonds is 3. The van der Waals surface area contributed by atoms with Crippen LogP contribution in [0.25, 0.3) is 11.1 Å². The van der Waals surface area contributed by atoms with Crippen molar-refractivity contribution in [2.75, 3.05) is 7.11 Å². The Hall–Kier alpha value is -2.09. The molecule has 0 aliphatic carbocycles. The standard InChI is InChI=1S/C16H16O2/c1-12(16(17)18-2)13-8-10-15(11-9-13)14-6-4-3-5-7-14/h3-12H,1-2H3/t12-/m0/s1. The summed E-state index contributed by atoms with van der Waals surface area (Å²) in [6.07, 6.45) is 0. The Balaban J connectivity index is 2.23. The average Bonchev–Trinajstić information content (AvgIpc) is 2.47. The molecule has 2 nitrogen and oxygen atoms in total. The SMILES string of the molecule is COC(=O)[C@@H](C)c1ccc(-c2ccccc2)cc1. The summed E-state index contributed by atoms with van der Waals surface area (Å²) >= 11 is 0. The molecule has 0 unspecified atom stereocenters. The molecule has 2 heteroatoms. The van der Waals surface area contributed by atoms with E-state index in [1.165, 1.54) is 12.7 Å². The maximum atomic E-state index is 11.4. The van der Waals surface area contributed by atoms with Gasteiger partial charge in [0.15, 0.2) is 0 Å². The van der Waals surface area contributed by atoms with Crippen molar-refractivity contribution in [2.24, 2.45) is 0 Å². The average molecular weight is 240 g/mol. The van der Waals surface area contributed by atoms with Crippen molar-refractivity contribution in [2.45, 2.75) is 12.8 Å². The maximum Gasteiger partial charge on any atom is 0.312 e. The predicted molar refractivity (Wildman–Crippen MR) is 72.3 cm³/mol. The Bertz CT molecular complexity index is 515. The third-order valence-electron chi connectivity index (χ3n) is 3.07. The minimum atomic E-state index is -0.222. The van der Waals surface area contributed by atoms with Gasteiger partial charge in [-0.05, 0) is 23.6 Å². The van der Waals surface area contributed by atoms with Crippen molar-refractivity contribution in [3.05, 3.63) is 60.2 Å².